The first-order valence-corrected chi connectivity index (χ1v) is 18.4. The monoisotopic (exact) mass is 756 g/mol. The van der Waals surface area contributed by atoms with Crippen LogP contribution in [0.2, 0.25) is 0 Å². The molecule has 0 saturated heterocycles. The van der Waals surface area contributed by atoms with Gasteiger partial charge in [-0.3, -0.25) is 14.4 Å². The number of thioether (sulfide) groups is 1. The number of thiazole rings is 1. The fourth-order valence-electron chi connectivity index (χ4n) is 5.35. The predicted octanol–water partition coefficient (Wildman–Crippen LogP) is 8.72. The van der Waals surface area contributed by atoms with Gasteiger partial charge in [0.2, 0.25) is 5.91 Å². The number of ether oxygens (including phenoxy) is 3. The van der Waals surface area contributed by atoms with Crippen molar-refractivity contribution in [2.45, 2.75) is 10.1 Å². The summed E-state index contributed by atoms with van der Waals surface area (Å²) in [5.74, 6) is 0.452. The number of carbonyl (C=O) groups excluding carboxylic acids is 3. The molecule has 1 aromatic heterocycles. The molecule has 1 heterocycles. The molecule has 0 radical (unpaired) electrons. The number of aromatic nitrogens is 1. The van der Waals surface area contributed by atoms with E-state index in [1.165, 1.54) is 43.4 Å². The Morgan fingerprint density at radius 3 is 2.20 bits per heavy atom. The molecule has 5 aromatic carbocycles. The topological polar surface area (TPSA) is 128 Å². The lowest BCUT2D eigenvalue weighted by molar-refractivity contribution is -0.116. The van der Waals surface area contributed by atoms with Crippen LogP contribution in [0.15, 0.2) is 143 Å². The number of nitrogens with one attached hydrogen (secondary N) is 3. The molecular formula is C42H36N4O6S2. The van der Waals surface area contributed by atoms with Crippen molar-refractivity contribution < 1.29 is 28.6 Å². The molecule has 3 amide bonds. The first kappa shape index (κ1) is 37.4. The van der Waals surface area contributed by atoms with Gasteiger partial charge in [-0.25, -0.2) is 4.98 Å². The van der Waals surface area contributed by atoms with E-state index in [2.05, 4.69) is 20.9 Å². The van der Waals surface area contributed by atoms with Crippen molar-refractivity contribution in [3.63, 3.8) is 0 Å². The van der Waals surface area contributed by atoms with Crippen LogP contribution in [0.4, 0.5) is 10.8 Å². The van der Waals surface area contributed by atoms with Crippen LogP contribution in [0.1, 0.15) is 26.7 Å². The maximum absolute atomic E-state index is 13.9. The molecule has 0 bridgehead atoms. The van der Waals surface area contributed by atoms with Crippen molar-refractivity contribution >= 4 is 57.7 Å². The fraction of sp³-hybridized carbons (Fsp3) is 0.0952. The number of amides is 3. The molecule has 6 rings (SSSR count). The first-order chi connectivity index (χ1) is 26.3. The van der Waals surface area contributed by atoms with E-state index in [0.717, 1.165) is 21.7 Å². The zero-order chi connectivity index (χ0) is 37.9. The van der Waals surface area contributed by atoms with E-state index >= 15 is 0 Å². The number of methoxy groups -OCH3 is 3. The van der Waals surface area contributed by atoms with Gasteiger partial charge in [0.1, 0.15) is 28.2 Å². The zero-order valence-electron chi connectivity index (χ0n) is 29.6. The normalized spacial score (nSPS) is 11.6. The van der Waals surface area contributed by atoms with E-state index < -0.39 is 17.1 Å². The van der Waals surface area contributed by atoms with E-state index in [-0.39, 0.29) is 11.6 Å². The van der Waals surface area contributed by atoms with Gasteiger partial charge in [-0.2, -0.15) is 0 Å². The minimum atomic E-state index is -0.650. The largest absolute Gasteiger partial charge is 0.497 e. The van der Waals surface area contributed by atoms with Gasteiger partial charge in [-0.15, -0.1) is 23.1 Å². The summed E-state index contributed by atoms with van der Waals surface area (Å²) in [5.41, 5.74) is 3.72. The molecular weight excluding hydrogens is 721 g/mol. The van der Waals surface area contributed by atoms with Crippen LogP contribution in [0.5, 0.6) is 17.2 Å². The van der Waals surface area contributed by atoms with Crippen LogP contribution >= 0.6 is 23.1 Å². The molecule has 0 aliphatic heterocycles. The Bertz CT molecular complexity index is 2280. The zero-order valence-corrected chi connectivity index (χ0v) is 31.2. The number of hydrogen-bond donors (Lipinski definition) is 3. The number of anilines is 2. The highest BCUT2D eigenvalue weighted by Gasteiger charge is 2.24. The van der Waals surface area contributed by atoms with E-state index in [9.17, 15) is 14.4 Å². The van der Waals surface area contributed by atoms with Gasteiger partial charge < -0.3 is 30.2 Å². The molecule has 6 aromatic rings. The third-order valence-electron chi connectivity index (χ3n) is 8.05. The molecule has 272 valence electrons. The fourth-order valence-corrected chi connectivity index (χ4v) is 7.16. The van der Waals surface area contributed by atoms with Crippen molar-refractivity contribution in [2.75, 3.05) is 32.0 Å². The van der Waals surface area contributed by atoms with Gasteiger partial charge in [0.15, 0.2) is 5.13 Å². The molecule has 0 fully saturated rings. The first-order valence-electron chi connectivity index (χ1n) is 16.7. The maximum atomic E-state index is 13.9. The second-order valence-corrected chi connectivity index (χ2v) is 13.7. The number of hydrogen-bond acceptors (Lipinski definition) is 9. The minimum Gasteiger partial charge on any atom is -0.497 e. The Balaban J connectivity index is 1.24. The van der Waals surface area contributed by atoms with Crippen molar-refractivity contribution in [1.29, 1.82) is 0 Å². The average Bonchev–Trinajstić information content (AvgIpc) is 3.68. The van der Waals surface area contributed by atoms with Crippen molar-refractivity contribution in [3.8, 4) is 28.5 Å². The Morgan fingerprint density at radius 1 is 0.741 bits per heavy atom. The summed E-state index contributed by atoms with van der Waals surface area (Å²) in [7, 11) is 4.67. The van der Waals surface area contributed by atoms with E-state index in [0.29, 0.717) is 39.2 Å². The number of benzene rings is 5. The van der Waals surface area contributed by atoms with Gasteiger partial charge in [0.05, 0.1) is 27.0 Å². The molecule has 0 saturated carbocycles. The van der Waals surface area contributed by atoms with Gasteiger partial charge in [0, 0.05) is 32.7 Å². The molecule has 1 unspecified atom stereocenters. The average molecular weight is 757 g/mol. The summed E-state index contributed by atoms with van der Waals surface area (Å²) in [4.78, 5) is 46.4. The molecule has 10 nitrogen and oxygen atoms in total. The highest BCUT2D eigenvalue weighted by atomic mass is 32.2. The highest BCUT2D eigenvalue weighted by Crippen LogP contribution is 2.38. The molecule has 0 aliphatic rings. The van der Waals surface area contributed by atoms with Crippen LogP contribution in [-0.4, -0.2) is 44.0 Å². The summed E-state index contributed by atoms with van der Waals surface area (Å²) in [6.07, 6.45) is 1.53. The standard InChI is InChI=1S/C42H36N4O6S2/c1-50-32-18-10-16-29(22-32)36-26-53-42(45-36)46-41(49)38(27-12-6-4-7-13-27)54-34-19-11-17-31(25-34)43-40(48)35(44-39(47)28-14-8-5-9-15-28)24-30-23-33(51-2)20-21-37(30)52-3/h4-26,38H,1-3H3,(H,43,48)(H,44,47)(H,45,46,49)/b35-24+. The predicted molar refractivity (Wildman–Crippen MR) is 214 cm³/mol. The minimum absolute atomic E-state index is 0.0215. The Morgan fingerprint density at radius 2 is 1.46 bits per heavy atom. The lowest BCUT2D eigenvalue weighted by atomic mass is 10.1. The lowest BCUT2D eigenvalue weighted by Crippen LogP contribution is -2.30. The summed E-state index contributed by atoms with van der Waals surface area (Å²) in [6, 6.07) is 37.9. The molecule has 0 aliphatic carbocycles. The van der Waals surface area contributed by atoms with Crippen molar-refractivity contribution in [2.24, 2.45) is 0 Å². The molecule has 0 spiro atoms. The van der Waals surface area contributed by atoms with Gasteiger partial charge >= 0.3 is 0 Å². The third kappa shape index (κ3) is 9.54. The summed E-state index contributed by atoms with van der Waals surface area (Å²) >= 11 is 2.66. The van der Waals surface area contributed by atoms with Gasteiger partial charge in [-0.05, 0) is 72.3 Å². The molecule has 3 N–H and O–H groups in total. The Labute approximate surface area is 321 Å². The molecule has 1 atom stereocenters. The van der Waals surface area contributed by atoms with Crippen LogP contribution in [0.3, 0.4) is 0 Å². The van der Waals surface area contributed by atoms with Crippen molar-refractivity contribution in [1.82, 2.24) is 10.3 Å². The number of carbonyl (C=O) groups is 3. The second kappa shape index (κ2) is 17.9. The summed E-state index contributed by atoms with van der Waals surface area (Å²) in [6.45, 7) is 0. The highest BCUT2D eigenvalue weighted by molar-refractivity contribution is 8.00. The SMILES string of the molecule is COc1cccc(-c2csc(NC(=O)C(Sc3cccc(NC(=O)/C(=C\c4cc(OC)ccc4OC)NC(=O)c4ccccc4)c3)c3ccccc3)n2)c1. The smallest absolute Gasteiger partial charge is 0.272 e. The maximum Gasteiger partial charge on any atom is 0.272 e. The van der Waals surface area contributed by atoms with Gasteiger partial charge in [-0.1, -0.05) is 66.7 Å². The van der Waals surface area contributed by atoms with Crippen LogP contribution in [0.25, 0.3) is 17.3 Å². The second-order valence-electron chi connectivity index (χ2n) is 11.6. The summed E-state index contributed by atoms with van der Waals surface area (Å²) in [5, 5.41) is 10.4. The molecule has 12 heteroatoms. The van der Waals surface area contributed by atoms with Crippen molar-refractivity contribution in [3.05, 3.63) is 155 Å². The van der Waals surface area contributed by atoms with E-state index in [4.69, 9.17) is 14.2 Å². The summed E-state index contributed by atoms with van der Waals surface area (Å²) < 4.78 is 16.3. The Kier molecular flexibility index (Phi) is 12.4. The number of nitrogens with zero attached hydrogens (tertiary/aromatic N) is 1. The van der Waals surface area contributed by atoms with E-state index in [1.807, 2.05) is 66.0 Å². The molecule has 54 heavy (non-hydrogen) atoms. The quantitative estimate of drug-likeness (QED) is 0.0744. The number of rotatable bonds is 14. The van der Waals surface area contributed by atoms with Gasteiger partial charge in [0.25, 0.3) is 11.8 Å². The van der Waals surface area contributed by atoms with Crippen LogP contribution in [-0.2, 0) is 9.59 Å². The Hall–Kier alpha value is -6.37. The lowest BCUT2D eigenvalue weighted by Gasteiger charge is -2.17. The van der Waals surface area contributed by atoms with E-state index in [1.54, 1.807) is 73.8 Å². The third-order valence-corrected chi connectivity index (χ3v) is 10.1. The van der Waals surface area contributed by atoms with Crippen LogP contribution < -0.4 is 30.2 Å². The van der Waals surface area contributed by atoms with Crippen LogP contribution in [0, 0.1) is 0 Å².